The van der Waals surface area contributed by atoms with E-state index in [4.69, 9.17) is 14.7 Å². The lowest BCUT2D eigenvalue weighted by molar-refractivity contribution is 0.312. The van der Waals surface area contributed by atoms with Crippen molar-refractivity contribution in [3.05, 3.63) is 65.4 Å². The van der Waals surface area contributed by atoms with Crippen molar-refractivity contribution in [2.45, 2.75) is 11.3 Å². The van der Waals surface area contributed by atoms with Crippen molar-refractivity contribution in [1.29, 1.82) is 0 Å². The highest BCUT2D eigenvalue weighted by molar-refractivity contribution is 7.90. The van der Waals surface area contributed by atoms with E-state index < -0.39 is 9.84 Å². The average molecular weight is 454 g/mol. The van der Waals surface area contributed by atoms with Crippen molar-refractivity contribution >= 4 is 37.9 Å². The summed E-state index contributed by atoms with van der Waals surface area (Å²) in [5.41, 5.74) is 1.94. The largest absolute Gasteiger partial charge is 0.494 e. The molecule has 4 rings (SSSR count). The average Bonchev–Trinajstić information content (AvgIpc) is 3.30. The molecule has 160 valence electrons. The lowest BCUT2D eigenvalue weighted by Gasteiger charge is -2.20. The van der Waals surface area contributed by atoms with E-state index in [1.165, 1.54) is 6.26 Å². The third-order valence-corrected chi connectivity index (χ3v) is 6.69. The minimum atomic E-state index is -3.20. The van der Waals surface area contributed by atoms with Gasteiger partial charge in [0.2, 0.25) is 0 Å². The van der Waals surface area contributed by atoms with E-state index >= 15 is 0 Å². The zero-order valence-electron chi connectivity index (χ0n) is 17.4. The first-order valence-corrected chi connectivity index (χ1v) is 12.7. The first kappa shape index (κ1) is 21.3. The summed E-state index contributed by atoms with van der Waals surface area (Å²) < 4.78 is 28.9. The van der Waals surface area contributed by atoms with Gasteiger partial charge in [-0.3, -0.25) is 0 Å². The molecule has 0 spiro atoms. The Morgan fingerprint density at radius 3 is 2.52 bits per heavy atom. The van der Waals surface area contributed by atoms with Crippen LogP contribution in [0.15, 0.2) is 70.3 Å². The molecule has 6 nitrogen and oxygen atoms in total. The number of ether oxygens (including phenoxy) is 1. The van der Waals surface area contributed by atoms with E-state index in [0.29, 0.717) is 12.4 Å². The minimum absolute atomic E-state index is 0.289. The molecule has 0 unspecified atom stereocenters. The summed E-state index contributed by atoms with van der Waals surface area (Å²) in [5, 5.41) is 5.09. The summed E-state index contributed by atoms with van der Waals surface area (Å²) in [6.07, 6.45) is 1.98. The van der Waals surface area contributed by atoms with E-state index in [2.05, 4.69) is 10.3 Å². The number of para-hydroxylation sites is 1. The van der Waals surface area contributed by atoms with Gasteiger partial charge < -0.3 is 9.64 Å². The highest BCUT2D eigenvalue weighted by Gasteiger charge is 2.13. The molecule has 0 aliphatic carbocycles. The van der Waals surface area contributed by atoms with Crippen molar-refractivity contribution < 1.29 is 13.2 Å². The number of sulfone groups is 1. The molecule has 0 bridgehead atoms. The van der Waals surface area contributed by atoms with E-state index in [1.54, 1.807) is 35.6 Å². The number of hydrogen-bond donors (Lipinski definition) is 0. The fraction of sp³-hybridized carbons (Fsp3) is 0.217. The van der Waals surface area contributed by atoms with Crippen LogP contribution in [0.3, 0.4) is 0 Å². The zero-order chi connectivity index (χ0) is 21.8. The highest BCUT2D eigenvalue weighted by atomic mass is 32.2. The molecule has 8 heteroatoms. The van der Waals surface area contributed by atoms with Gasteiger partial charge in [-0.15, -0.1) is 0 Å². The molecular formula is C23H23N3O3S2. The SMILES string of the molecule is CN(CCCOc1ccc(S(C)(=O)=O)cc1)c1nc(-c2ccsc2)nc2ccccc12. The van der Waals surface area contributed by atoms with Gasteiger partial charge in [0, 0.05) is 36.2 Å². The molecule has 0 N–H and O–H groups in total. The standard InChI is InChI=1S/C23H23N3O3S2/c1-26(13-5-14-29-18-8-10-19(11-9-18)31(2,27)28)23-20-6-3-4-7-21(20)24-22(25-23)17-12-15-30-16-17/h3-4,6-12,15-16H,5,13-14H2,1-2H3. The normalized spacial score (nSPS) is 11.5. The van der Waals surface area contributed by atoms with Crippen LogP contribution in [-0.4, -0.2) is 44.8 Å². The Kier molecular flexibility index (Phi) is 6.20. The second-order valence-electron chi connectivity index (χ2n) is 7.27. The fourth-order valence-electron chi connectivity index (χ4n) is 3.25. The third-order valence-electron chi connectivity index (χ3n) is 4.88. The zero-order valence-corrected chi connectivity index (χ0v) is 19.0. The number of rotatable bonds is 8. The van der Waals surface area contributed by atoms with Crippen molar-refractivity contribution in [1.82, 2.24) is 9.97 Å². The predicted octanol–water partition coefficient (Wildman–Crippen LogP) is 4.67. The molecule has 31 heavy (non-hydrogen) atoms. The Bertz CT molecular complexity index is 1270. The molecule has 4 aromatic rings. The Morgan fingerprint density at radius 1 is 1.03 bits per heavy atom. The van der Waals surface area contributed by atoms with Gasteiger partial charge in [-0.25, -0.2) is 18.4 Å². The molecule has 0 saturated heterocycles. The lowest BCUT2D eigenvalue weighted by atomic mass is 10.2. The quantitative estimate of drug-likeness (QED) is 0.361. The monoisotopic (exact) mass is 453 g/mol. The van der Waals surface area contributed by atoms with Crippen LogP contribution in [0.2, 0.25) is 0 Å². The summed E-state index contributed by atoms with van der Waals surface area (Å²) in [6, 6.07) is 16.6. The highest BCUT2D eigenvalue weighted by Crippen LogP contribution is 2.28. The number of nitrogens with zero attached hydrogens (tertiary/aromatic N) is 3. The van der Waals surface area contributed by atoms with E-state index in [-0.39, 0.29) is 4.90 Å². The number of anilines is 1. The van der Waals surface area contributed by atoms with Crippen molar-refractivity contribution in [3.63, 3.8) is 0 Å². The maximum Gasteiger partial charge on any atom is 0.175 e. The summed E-state index contributed by atoms with van der Waals surface area (Å²) in [5.74, 6) is 2.27. The molecule has 0 aliphatic heterocycles. The molecule has 0 saturated carbocycles. The van der Waals surface area contributed by atoms with Gasteiger partial charge in [-0.05, 0) is 54.3 Å². The second-order valence-corrected chi connectivity index (χ2v) is 10.1. The van der Waals surface area contributed by atoms with Crippen molar-refractivity contribution in [2.24, 2.45) is 0 Å². The maximum absolute atomic E-state index is 11.6. The van der Waals surface area contributed by atoms with Crippen LogP contribution in [0, 0.1) is 0 Å². The summed E-state index contributed by atoms with van der Waals surface area (Å²) >= 11 is 1.63. The Morgan fingerprint density at radius 2 is 1.81 bits per heavy atom. The summed E-state index contributed by atoms with van der Waals surface area (Å²) in [6.45, 7) is 1.27. The van der Waals surface area contributed by atoms with Crippen LogP contribution < -0.4 is 9.64 Å². The first-order chi connectivity index (χ1) is 14.9. The number of fused-ring (bicyclic) bond motifs is 1. The van der Waals surface area contributed by atoms with Crippen LogP contribution in [-0.2, 0) is 9.84 Å². The number of aromatic nitrogens is 2. The van der Waals surface area contributed by atoms with Crippen LogP contribution >= 0.6 is 11.3 Å². The molecule has 2 heterocycles. The van der Waals surface area contributed by atoms with Crippen LogP contribution in [0.4, 0.5) is 5.82 Å². The maximum atomic E-state index is 11.6. The Labute approximate surface area is 186 Å². The van der Waals surface area contributed by atoms with Crippen LogP contribution in [0.5, 0.6) is 5.75 Å². The lowest BCUT2D eigenvalue weighted by Crippen LogP contribution is -2.22. The Balaban J connectivity index is 1.43. The molecule has 2 aromatic heterocycles. The molecule has 0 aliphatic rings. The minimum Gasteiger partial charge on any atom is -0.494 e. The molecule has 0 fully saturated rings. The van der Waals surface area contributed by atoms with Crippen LogP contribution in [0.25, 0.3) is 22.3 Å². The Hall–Kier alpha value is -2.97. The van der Waals surface area contributed by atoms with Gasteiger partial charge in [0.25, 0.3) is 0 Å². The van der Waals surface area contributed by atoms with E-state index in [1.807, 2.05) is 42.8 Å². The smallest absolute Gasteiger partial charge is 0.175 e. The molecule has 0 amide bonds. The predicted molar refractivity (Wildman–Crippen MR) is 126 cm³/mol. The van der Waals surface area contributed by atoms with Gasteiger partial charge in [0.1, 0.15) is 11.6 Å². The van der Waals surface area contributed by atoms with Crippen LogP contribution in [0.1, 0.15) is 6.42 Å². The number of thiophene rings is 1. The number of benzene rings is 2. The van der Waals surface area contributed by atoms with Gasteiger partial charge >= 0.3 is 0 Å². The third kappa shape index (κ3) is 5.03. The van der Waals surface area contributed by atoms with E-state index in [9.17, 15) is 8.42 Å². The van der Waals surface area contributed by atoms with Crippen molar-refractivity contribution in [2.75, 3.05) is 31.4 Å². The van der Waals surface area contributed by atoms with Gasteiger partial charge in [0.05, 0.1) is 17.0 Å². The van der Waals surface area contributed by atoms with Gasteiger partial charge in [-0.1, -0.05) is 12.1 Å². The summed E-state index contributed by atoms with van der Waals surface area (Å²) in [4.78, 5) is 12.0. The summed E-state index contributed by atoms with van der Waals surface area (Å²) in [7, 11) is -1.18. The molecular weight excluding hydrogens is 430 g/mol. The van der Waals surface area contributed by atoms with Gasteiger partial charge in [-0.2, -0.15) is 11.3 Å². The first-order valence-electron chi connectivity index (χ1n) is 9.85. The van der Waals surface area contributed by atoms with Crippen molar-refractivity contribution in [3.8, 4) is 17.1 Å². The second kappa shape index (κ2) is 9.03. The van der Waals surface area contributed by atoms with E-state index in [0.717, 1.165) is 41.1 Å². The fourth-order valence-corrected chi connectivity index (χ4v) is 4.52. The molecule has 0 radical (unpaired) electrons. The molecule has 2 aromatic carbocycles. The number of hydrogen-bond acceptors (Lipinski definition) is 7. The molecule has 0 atom stereocenters. The van der Waals surface area contributed by atoms with Gasteiger partial charge in [0.15, 0.2) is 15.7 Å². The topological polar surface area (TPSA) is 72.4 Å².